The fourth-order valence-corrected chi connectivity index (χ4v) is 1.80. The molecule has 0 aliphatic heterocycles. The second kappa shape index (κ2) is 9.34. The van der Waals surface area contributed by atoms with E-state index in [0.29, 0.717) is 6.54 Å². The van der Waals surface area contributed by atoms with Crippen LogP contribution < -0.4 is 5.32 Å². The van der Waals surface area contributed by atoms with E-state index in [1.165, 1.54) is 11.6 Å². The van der Waals surface area contributed by atoms with E-state index >= 15 is 0 Å². The minimum absolute atomic E-state index is 0.103. The zero-order valence-electron chi connectivity index (χ0n) is 12.5. The van der Waals surface area contributed by atoms with E-state index in [4.69, 9.17) is 0 Å². The molecule has 0 bridgehead atoms. The van der Waals surface area contributed by atoms with Crippen molar-refractivity contribution < 1.29 is 9.28 Å². The van der Waals surface area contributed by atoms with E-state index in [0.717, 1.165) is 24.0 Å². The Morgan fingerprint density at radius 2 is 2.00 bits per heavy atom. The highest BCUT2D eigenvalue weighted by Gasteiger charge is 2.15. The Morgan fingerprint density at radius 1 is 1.32 bits per heavy atom. The number of likely N-dealkylation sites (N-methyl/N-ethyl adjacent to an activating group) is 1. The molecule has 0 atom stereocenters. The number of rotatable bonds is 9. The predicted octanol–water partition coefficient (Wildman–Crippen LogP) is 2.44. The van der Waals surface area contributed by atoms with Crippen LogP contribution in [0.1, 0.15) is 13.3 Å². The van der Waals surface area contributed by atoms with Crippen LogP contribution in [0.2, 0.25) is 0 Å². The normalized spacial score (nSPS) is 12.5. The van der Waals surface area contributed by atoms with Gasteiger partial charge in [-0.25, -0.2) is 0 Å². The Kier molecular flexibility index (Phi) is 8.55. The average molecular weight is 263 g/mol. The summed E-state index contributed by atoms with van der Waals surface area (Å²) >= 11 is 0. The van der Waals surface area contributed by atoms with Crippen molar-refractivity contribution in [1.82, 2.24) is 5.32 Å². The first-order chi connectivity index (χ1) is 8.95. The lowest BCUT2D eigenvalue weighted by molar-refractivity contribution is -0.885. The van der Waals surface area contributed by atoms with Crippen LogP contribution in [0.5, 0.6) is 0 Å². The predicted molar refractivity (Wildman–Crippen MR) is 82.8 cm³/mol. The summed E-state index contributed by atoms with van der Waals surface area (Å²) in [5, 5.41) is 2.80. The third kappa shape index (κ3) is 9.03. The molecule has 3 nitrogen and oxygen atoms in total. The van der Waals surface area contributed by atoms with Crippen LogP contribution in [0.25, 0.3) is 0 Å². The van der Waals surface area contributed by atoms with Gasteiger partial charge in [0.1, 0.15) is 6.54 Å². The summed E-state index contributed by atoms with van der Waals surface area (Å²) in [4.78, 5) is 11.0. The quantitative estimate of drug-likeness (QED) is 0.294. The molecule has 0 aliphatic carbocycles. The highest BCUT2D eigenvalue weighted by Crippen LogP contribution is 2.07. The van der Waals surface area contributed by atoms with Crippen LogP contribution in [0, 0.1) is 0 Å². The SMILES string of the molecule is C=C/C=C\C(=C/C)C[N+](C)(C)CCCNC(=O)C=C. The van der Waals surface area contributed by atoms with Crippen LogP contribution in [0.3, 0.4) is 0 Å². The van der Waals surface area contributed by atoms with Crippen LogP contribution in [0.15, 0.2) is 49.1 Å². The smallest absolute Gasteiger partial charge is 0.243 e. The number of amides is 1. The maximum absolute atomic E-state index is 11.0. The summed E-state index contributed by atoms with van der Waals surface area (Å²) in [7, 11) is 4.39. The molecule has 1 amide bonds. The molecular formula is C16H27N2O+. The number of nitrogens with one attached hydrogen (secondary N) is 1. The Balaban J connectivity index is 4.16. The number of carbonyl (C=O) groups is 1. The fraction of sp³-hybridized carbons (Fsp3) is 0.438. The van der Waals surface area contributed by atoms with Gasteiger partial charge < -0.3 is 9.80 Å². The maximum atomic E-state index is 11.0. The molecule has 0 spiro atoms. The number of carbonyl (C=O) groups excluding carboxylic acids is 1. The minimum atomic E-state index is -0.103. The summed E-state index contributed by atoms with van der Waals surface area (Å²) in [6.45, 7) is 11.8. The van der Waals surface area contributed by atoms with Gasteiger partial charge in [0.2, 0.25) is 5.91 Å². The van der Waals surface area contributed by atoms with Gasteiger partial charge in [0.25, 0.3) is 0 Å². The van der Waals surface area contributed by atoms with E-state index in [9.17, 15) is 4.79 Å². The summed E-state index contributed by atoms with van der Waals surface area (Å²) in [6.07, 6.45) is 10.2. The van der Waals surface area contributed by atoms with Gasteiger partial charge >= 0.3 is 0 Å². The van der Waals surface area contributed by atoms with Gasteiger partial charge in [0, 0.05) is 18.5 Å². The van der Waals surface area contributed by atoms with Crippen molar-refractivity contribution in [3.05, 3.63) is 49.1 Å². The van der Waals surface area contributed by atoms with Crippen molar-refractivity contribution >= 4 is 5.91 Å². The second-order valence-electron chi connectivity index (χ2n) is 5.12. The van der Waals surface area contributed by atoms with Crippen molar-refractivity contribution in [3.63, 3.8) is 0 Å². The Hall–Kier alpha value is -1.61. The fourth-order valence-electron chi connectivity index (χ4n) is 1.80. The zero-order valence-corrected chi connectivity index (χ0v) is 12.5. The van der Waals surface area contributed by atoms with E-state index in [1.807, 2.05) is 13.0 Å². The van der Waals surface area contributed by atoms with E-state index in [1.54, 1.807) is 6.08 Å². The first kappa shape index (κ1) is 17.4. The van der Waals surface area contributed by atoms with Crippen molar-refractivity contribution in [3.8, 4) is 0 Å². The van der Waals surface area contributed by atoms with Crippen molar-refractivity contribution in [2.24, 2.45) is 0 Å². The standard InChI is InChI=1S/C16H26N2O/c1-6-9-11-15(7-2)14-18(4,5)13-10-12-17-16(19)8-3/h6-9,11H,1,3,10,12-14H2,2,4-5H3/p+1/b11-9-,15-7+. The van der Waals surface area contributed by atoms with Gasteiger partial charge in [0.05, 0.1) is 20.6 Å². The third-order valence-electron chi connectivity index (χ3n) is 2.85. The summed E-state index contributed by atoms with van der Waals surface area (Å²) in [5.41, 5.74) is 1.29. The molecule has 0 aromatic rings. The summed E-state index contributed by atoms with van der Waals surface area (Å²) in [6, 6.07) is 0. The largest absolute Gasteiger partial charge is 0.352 e. The van der Waals surface area contributed by atoms with Gasteiger partial charge in [-0.15, -0.1) is 0 Å². The highest BCUT2D eigenvalue weighted by molar-refractivity contribution is 5.86. The molecule has 0 rings (SSSR count). The number of nitrogens with zero attached hydrogens (tertiary/aromatic N) is 1. The van der Waals surface area contributed by atoms with Gasteiger partial charge in [-0.05, 0) is 13.0 Å². The Bertz CT molecular complexity index is 365. The molecule has 106 valence electrons. The van der Waals surface area contributed by atoms with Gasteiger partial charge in [-0.2, -0.15) is 0 Å². The number of hydrogen-bond donors (Lipinski definition) is 1. The van der Waals surface area contributed by atoms with Crippen molar-refractivity contribution in [1.29, 1.82) is 0 Å². The number of hydrogen-bond acceptors (Lipinski definition) is 1. The zero-order chi connectivity index (χ0) is 14.7. The topological polar surface area (TPSA) is 29.1 Å². The minimum Gasteiger partial charge on any atom is -0.352 e. The Labute approximate surface area is 117 Å². The summed E-state index contributed by atoms with van der Waals surface area (Å²) < 4.78 is 0.894. The van der Waals surface area contributed by atoms with Gasteiger partial charge in [-0.3, -0.25) is 4.79 Å². The molecular weight excluding hydrogens is 236 g/mol. The van der Waals surface area contributed by atoms with Crippen molar-refractivity contribution in [2.45, 2.75) is 13.3 Å². The molecule has 0 aromatic carbocycles. The van der Waals surface area contributed by atoms with E-state index in [2.05, 4.69) is 44.7 Å². The van der Waals surface area contributed by atoms with Gasteiger partial charge in [0.15, 0.2) is 0 Å². The lowest BCUT2D eigenvalue weighted by atomic mass is 10.2. The molecule has 3 heteroatoms. The van der Waals surface area contributed by atoms with Gasteiger partial charge in [-0.1, -0.05) is 37.5 Å². The molecule has 0 aromatic heterocycles. The third-order valence-corrected chi connectivity index (χ3v) is 2.85. The van der Waals surface area contributed by atoms with E-state index < -0.39 is 0 Å². The molecule has 0 radical (unpaired) electrons. The number of allylic oxidation sites excluding steroid dienone is 3. The average Bonchev–Trinajstić information content (AvgIpc) is 2.39. The van der Waals surface area contributed by atoms with Crippen LogP contribution in [-0.4, -0.2) is 44.1 Å². The first-order valence-electron chi connectivity index (χ1n) is 6.61. The highest BCUT2D eigenvalue weighted by atomic mass is 16.1. The molecule has 0 heterocycles. The van der Waals surface area contributed by atoms with Crippen LogP contribution >= 0.6 is 0 Å². The Morgan fingerprint density at radius 3 is 2.53 bits per heavy atom. The molecule has 0 fully saturated rings. The van der Waals surface area contributed by atoms with Crippen LogP contribution in [-0.2, 0) is 4.79 Å². The molecule has 0 aliphatic rings. The maximum Gasteiger partial charge on any atom is 0.243 e. The monoisotopic (exact) mass is 263 g/mol. The molecule has 0 unspecified atom stereocenters. The van der Waals surface area contributed by atoms with Crippen molar-refractivity contribution in [2.75, 3.05) is 33.7 Å². The molecule has 19 heavy (non-hydrogen) atoms. The summed E-state index contributed by atoms with van der Waals surface area (Å²) in [5.74, 6) is -0.103. The number of quaternary nitrogens is 1. The lowest BCUT2D eigenvalue weighted by Crippen LogP contribution is -2.43. The second-order valence-corrected chi connectivity index (χ2v) is 5.12. The first-order valence-corrected chi connectivity index (χ1v) is 6.61. The molecule has 0 saturated carbocycles. The van der Waals surface area contributed by atoms with E-state index in [-0.39, 0.29) is 5.91 Å². The molecule has 0 saturated heterocycles. The van der Waals surface area contributed by atoms with Crippen LogP contribution in [0.4, 0.5) is 0 Å². The lowest BCUT2D eigenvalue weighted by Gasteiger charge is -2.30. The molecule has 1 N–H and O–H groups in total.